The Morgan fingerprint density at radius 2 is 1.94 bits per heavy atom. The molecule has 0 aromatic heterocycles. The Hall–Kier alpha value is -0.770. The molecule has 0 atom stereocenters. The van der Waals surface area contributed by atoms with Gasteiger partial charge in [-0.25, -0.2) is 8.78 Å². The van der Waals surface area contributed by atoms with E-state index in [0.29, 0.717) is 5.92 Å². The van der Waals surface area contributed by atoms with Gasteiger partial charge in [-0.3, -0.25) is 4.79 Å². The van der Waals surface area contributed by atoms with Crippen LogP contribution in [0.1, 0.15) is 42.5 Å². The molecule has 0 saturated heterocycles. The van der Waals surface area contributed by atoms with Crippen molar-refractivity contribution in [1.29, 1.82) is 0 Å². The second kappa shape index (κ2) is 5.25. The van der Waals surface area contributed by atoms with Crippen molar-refractivity contribution in [2.24, 2.45) is 5.92 Å². The molecule has 0 aliphatic heterocycles. The molecule has 92 valence electrons. The number of benzene rings is 1. The van der Waals surface area contributed by atoms with E-state index >= 15 is 0 Å². The Labute approximate surface area is 107 Å². The maximum Gasteiger partial charge on any atom is 0.169 e. The number of hydrogen-bond donors (Lipinski definition) is 0. The smallest absolute Gasteiger partial charge is 0.169 e. The third-order valence-corrected chi connectivity index (χ3v) is 3.88. The van der Waals surface area contributed by atoms with Gasteiger partial charge in [0.2, 0.25) is 0 Å². The van der Waals surface area contributed by atoms with Crippen LogP contribution in [0.25, 0.3) is 0 Å². The third kappa shape index (κ3) is 2.73. The lowest BCUT2D eigenvalue weighted by Crippen LogP contribution is -2.10. The molecule has 2 rings (SSSR count). The Balaban J connectivity index is 2.21. The Morgan fingerprint density at radius 3 is 2.59 bits per heavy atom. The number of carbonyl (C=O) groups excluding carboxylic acids is 1. The summed E-state index contributed by atoms with van der Waals surface area (Å²) in [5, 5.41) is 0. The molecule has 1 aliphatic rings. The summed E-state index contributed by atoms with van der Waals surface area (Å²) in [6.07, 6.45) is 4.46. The standard InChI is InChI=1S/C13H13BrF2O/c14-9-5-6-10(15)12(13(9)16)11(17)7-8-3-1-2-4-8/h5-6,8H,1-4,7H2. The van der Waals surface area contributed by atoms with Crippen molar-refractivity contribution in [2.45, 2.75) is 32.1 Å². The van der Waals surface area contributed by atoms with Crippen LogP contribution in [0.15, 0.2) is 16.6 Å². The molecule has 17 heavy (non-hydrogen) atoms. The van der Waals surface area contributed by atoms with Gasteiger partial charge < -0.3 is 0 Å². The minimum atomic E-state index is -0.784. The van der Waals surface area contributed by atoms with E-state index in [1.165, 1.54) is 6.07 Å². The first kappa shape index (κ1) is 12.7. The topological polar surface area (TPSA) is 17.1 Å². The van der Waals surface area contributed by atoms with Crippen molar-refractivity contribution >= 4 is 21.7 Å². The summed E-state index contributed by atoms with van der Waals surface area (Å²) in [7, 11) is 0. The molecule has 0 radical (unpaired) electrons. The Kier molecular flexibility index (Phi) is 3.92. The minimum absolute atomic E-state index is 0.133. The monoisotopic (exact) mass is 302 g/mol. The summed E-state index contributed by atoms with van der Waals surface area (Å²) in [4.78, 5) is 11.9. The van der Waals surface area contributed by atoms with Crippen molar-refractivity contribution in [3.05, 3.63) is 33.8 Å². The molecular weight excluding hydrogens is 290 g/mol. The van der Waals surface area contributed by atoms with Crippen molar-refractivity contribution in [3.8, 4) is 0 Å². The summed E-state index contributed by atoms with van der Waals surface area (Å²) < 4.78 is 27.3. The molecule has 1 nitrogen and oxygen atoms in total. The van der Waals surface area contributed by atoms with Gasteiger partial charge in [-0.05, 0) is 34.0 Å². The predicted molar refractivity (Wildman–Crippen MR) is 65.0 cm³/mol. The van der Waals surface area contributed by atoms with E-state index in [1.807, 2.05) is 0 Å². The highest BCUT2D eigenvalue weighted by atomic mass is 79.9. The lowest BCUT2D eigenvalue weighted by Gasteiger charge is -2.09. The van der Waals surface area contributed by atoms with Crippen LogP contribution in [0.3, 0.4) is 0 Å². The molecule has 4 heteroatoms. The van der Waals surface area contributed by atoms with Crippen molar-refractivity contribution in [2.75, 3.05) is 0 Å². The summed E-state index contributed by atoms with van der Waals surface area (Å²) in [5.41, 5.74) is -0.397. The first-order valence-corrected chi connectivity index (χ1v) is 6.55. The molecule has 0 unspecified atom stereocenters. The summed E-state index contributed by atoms with van der Waals surface area (Å²) in [6.45, 7) is 0. The fourth-order valence-corrected chi connectivity index (χ4v) is 2.69. The van der Waals surface area contributed by atoms with Crippen LogP contribution >= 0.6 is 15.9 Å². The van der Waals surface area contributed by atoms with Gasteiger partial charge in [-0.2, -0.15) is 0 Å². The molecule has 1 aromatic carbocycles. The van der Waals surface area contributed by atoms with Crippen LogP contribution in [-0.4, -0.2) is 5.78 Å². The molecule has 1 aromatic rings. The molecule has 1 fully saturated rings. The van der Waals surface area contributed by atoms with E-state index in [9.17, 15) is 13.6 Å². The fraction of sp³-hybridized carbons (Fsp3) is 0.462. The maximum atomic E-state index is 13.7. The lowest BCUT2D eigenvalue weighted by atomic mass is 9.96. The fourth-order valence-electron chi connectivity index (χ4n) is 2.36. The molecular formula is C13H13BrF2O. The summed E-state index contributed by atoms with van der Waals surface area (Å²) in [5.74, 6) is -1.69. The van der Waals surface area contributed by atoms with Gasteiger partial charge in [0, 0.05) is 6.42 Å². The predicted octanol–water partition coefficient (Wildman–Crippen LogP) is 4.49. The number of halogens is 3. The molecule has 0 bridgehead atoms. The van der Waals surface area contributed by atoms with Crippen LogP contribution in [0, 0.1) is 17.6 Å². The van der Waals surface area contributed by atoms with Gasteiger partial charge in [0.05, 0.1) is 10.0 Å². The first-order valence-electron chi connectivity index (χ1n) is 5.76. The van der Waals surface area contributed by atoms with Crippen LogP contribution in [0.5, 0.6) is 0 Å². The zero-order valence-corrected chi connectivity index (χ0v) is 10.9. The van der Waals surface area contributed by atoms with Crippen molar-refractivity contribution in [3.63, 3.8) is 0 Å². The largest absolute Gasteiger partial charge is 0.294 e. The zero-order valence-electron chi connectivity index (χ0n) is 9.31. The average Bonchev–Trinajstić information content (AvgIpc) is 2.77. The van der Waals surface area contributed by atoms with Gasteiger partial charge >= 0.3 is 0 Å². The second-order valence-electron chi connectivity index (χ2n) is 4.50. The minimum Gasteiger partial charge on any atom is -0.294 e. The number of carbonyl (C=O) groups is 1. The van der Waals surface area contributed by atoms with Gasteiger partial charge in [-0.15, -0.1) is 0 Å². The molecule has 1 saturated carbocycles. The highest BCUT2D eigenvalue weighted by Crippen LogP contribution is 2.30. The van der Waals surface area contributed by atoms with Crippen molar-refractivity contribution in [1.82, 2.24) is 0 Å². The first-order chi connectivity index (χ1) is 8.09. The third-order valence-electron chi connectivity index (χ3n) is 3.27. The van der Waals surface area contributed by atoms with Crippen LogP contribution < -0.4 is 0 Å². The van der Waals surface area contributed by atoms with Crippen LogP contribution in [0.4, 0.5) is 8.78 Å². The molecule has 0 amide bonds. The van der Waals surface area contributed by atoms with Crippen LogP contribution in [-0.2, 0) is 0 Å². The normalized spacial score (nSPS) is 16.4. The zero-order chi connectivity index (χ0) is 12.4. The van der Waals surface area contributed by atoms with E-state index in [-0.39, 0.29) is 10.9 Å². The molecule has 1 aliphatic carbocycles. The number of hydrogen-bond acceptors (Lipinski definition) is 1. The SMILES string of the molecule is O=C(CC1CCCC1)c1c(F)ccc(Br)c1F. The lowest BCUT2D eigenvalue weighted by molar-refractivity contribution is 0.0953. The Morgan fingerprint density at radius 1 is 1.29 bits per heavy atom. The van der Waals surface area contributed by atoms with Gasteiger partial charge in [0.1, 0.15) is 5.82 Å². The van der Waals surface area contributed by atoms with E-state index in [0.717, 1.165) is 31.7 Å². The number of Topliss-reactive ketones (excluding diaryl/α,β-unsaturated/α-hetero) is 1. The second-order valence-corrected chi connectivity index (χ2v) is 5.35. The van der Waals surface area contributed by atoms with E-state index in [4.69, 9.17) is 0 Å². The highest BCUT2D eigenvalue weighted by molar-refractivity contribution is 9.10. The van der Waals surface area contributed by atoms with Crippen LogP contribution in [0.2, 0.25) is 0 Å². The molecule has 0 N–H and O–H groups in total. The average molecular weight is 303 g/mol. The van der Waals surface area contributed by atoms with Crippen molar-refractivity contribution < 1.29 is 13.6 Å². The summed E-state index contributed by atoms with van der Waals surface area (Å²) >= 11 is 2.97. The van der Waals surface area contributed by atoms with Gasteiger partial charge in [-0.1, -0.05) is 25.7 Å². The summed E-state index contributed by atoms with van der Waals surface area (Å²) in [6, 6.07) is 2.39. The van der Waals surface area contributed by atoms with E-state index < -0.39 is 23.0 Å². The van der Waals surface area contributed by atoms with E-state index in [1.54, 1.807) is 0 Å². The van der Waals surface area contributed by atoms with E-state index in [2.05, 4.69) is 15.9 Å². The van der Waals surface area contributed by atoms with Gasteiger partial charge in [0.15, 0.2) is 11.6 Å². The quantitative estimate of drug-likeness (QED) is 0.594. The number of rotatable bonds is 3. The maximum absolute atomic E-state index is 13.7. The Bertz CT molecular complexity index is 439. The van der Waals surface area contributed by atoms with Gasteiger partial charge in [0.25, 0.3) is 0 Å². The highest BCUT2D eigenvalue weighted by Gasteiger charge is 2.24. The molecule has 0 heterocycles. The number of ketones is 1. The molecule has 0 spiro atoms.